The Hall–Kier alpha value is 0.660. The van der Waals surface area contributed by atoms with Gasteiger partial charge < -0.3 is 5.73 Å². The lowest BCUT2D eigenvalue weighted by atomic mass is 9.85. The second kappa shape index (κ2) is 8.06. The first-order valence-corrected chi connectivity index (χ1v) is 9.89. The molecular formula is C15H29NS2. The highest BCUT2D eigenvalue weighted by molar-refractivity contribution is 8.07. The Morgan fingerprint density at radius 1 is 1.11 bits per heavy atom. The Balaban J connectivity index is 1.73. The van der Waals surface area contributed by atoms with Crippen molar-refractivity contribution in [3.8, 4) is 0 Å². The molecule has 1 heterocycles. The predicted molar refractivity (Wildman–Crippen MR) is 86.6 cm³/mol. The molecule has 106 valence electrons. The average Bonchev–Trinajstić information content (AvgIpc) is 2.45. The highest BCUT2D eigenvalue weighted by atomic mass is 32.2. The second-order valence-electron chi connectivity index (χ2n) is 5.90. The van der Waals surface area contributed by atoms with Crippen LogP contribution in [0, 0.1) is 5.92 Å². The van der Waals surface area contributed by atoms with Crippen molar-refractivity contribution in [3.05, 3.63) is 0 Å². The predicted octanol–water partition coefficient (Wildman–Crippen LogP) is 4.30. The summed E-state index contributed by atoms with van der Waals surface area (Å²) >= 11 is 4.30. The highest BCUT2D eigenvalue weighted by Gasteiger charge is 2.30. The molecule has 0 aromatic heterocycles. The van der Waals surface area contributed by atoms with Crippen LogP contribution in [0.4, 0.5) is 0 Å². The van der Waals surface area contributed by atoms with Gasteiger partial charge in [0.1, 0.15) is 0 Å². The van der Waals surface area contributed by atoms with Gasteiger partial charge in [-0.3, -0.25) is 0 Å². The fourth-order valence-electron chi connectivity index (χ4n) is 3.40. The molecule has 2 aliphatic rings. The largest absolute Gasteiger partial charge is 0.327 e. The number of thioether (sulfide) groups is 2. The van der Waals surface area contributed by atoms with Crippen LogP contribution in [0.25, 0.3) is 0 Å². The van der Waals surface area contributed by atoms with Crippen molar-refractivity contribution in [2.75, 3.05) is 11.5 Å². The van der Waals surface area contributed by atoms with E-state index in [1.165, 1.54) is 62.9 Å². The molecule has 1 aliphatic heterocycles. The van der Waals surface area contributed by atoms with Crippen molar-refractivity contribution >= 4 is 23.5 Å². The molecule has 2 N–H and O–H groups in total. The van der Waals surface area contributed by atoms with E-state index >= 15 is 0 Å². The van der Waals surface area contributed by atoms with Gasteiger partial charge in [-0.2, -0.15) is 23.5 Å². The summed E-state index contributed by atoms with van der Waals surface area (Å²) in [5.41, 5.74) is 6.50. The van der Waals surface area contributed by atoms with E-state index in [1.54, 1.807) is 0 Å². The SMILES string of the molecule is CCC1SCCSC1C(N)CCC1CCCCC1. The van der Waals surface area contributed by atoms with Crippen molar-refractivity contribution in [3.63, 3.8) is 0 Å². The Morgan fingerprint density at radius 3 is 2.56 bits per heavy atom. The molecule has 18 heavy (non-hydrogen) atoms. The summed E-state index contributed by atoms with van der Waals surface area (Å²) in [6.07, 6.45) is 11.3. The van der Waals surface area contributed by atoms with Gasteiger partial charge in [0.15, 0.2) is 0 Å². The summed E-state index contributed by atoms with van der Waals surface area (Å²) in [5.74, 6) is 3.63. The molecule has 3 atom stereocenters. The molecule has 0 radical (unpaired) electrons. The maximum absolute atomic E-state index is 6.50. The van der Waals surface area contributed by atoms with Crippen molar-refractivity contribution in [1.82, 2.24) is 0 Å². The van der Waals surface area contributed by atoms with Gasteiger partial charge in [0.05, 0.1) is 0 Å². The quantitative estimate of drug-likeness (QED) is 0.816. The molecule has 2 rings (SSSR count). The molecule has 1 saturated carbocycles. The molecule has 2 fully saturated rings. The molecule has 0 amide bonds. The zero-order valence-corrected chi connectivity index (χ0v) is 13.4. The van der Waals surface area contributed by atoms with Gasteiger partial charge in [0.2, 0.25) is 0 Å². The Labute approximate surface area is 121 Å². The zero-order chi connectivity index (χ0) is 12.8. The summed E-state index contributed by atoms with van der Waals surface area (Å²) in [5, 5.41) is 1.53. The van der Waals surface area contributed by atoms with Crippen LogP contribution < -0.4 is 5.73 Å². The fraction of sp³-hybridized carbons (Fsp3) is 1.00. The van der Waals surface area contributed by atoms with Crippen molar-refractivity contribution < 1.29 is 0 Å². The number of hydrogen-bond acceptors (Lipinski definition) is 3. The van der Waals surface area contributed by atoms with Gasteiger partial charge in [-0.15, -0.1) is 0 Å². The molecule has 1 saturated heterocycles. The smallest absolute Gasteiger partial charge is 0.0317 e. The van der Waals surface area contributed by atoms with E-state index in [4.69, 9.17) is 5.73 Å². The number of rotatable bonds is 5. The molecule has 3 unspecified atom stereocenters. The van der Waals surface area contributed by atoms with Gasteiger partial charge in [-0.1, -0.05) is 39.0 Å². The van der Waals surface area contributed by atoms with E-state index in [0.29, 0.717) is 6.04 Å². The molecule has 1 aliphatic carbocycles. The van der Waals surface area contributed by atoms with E-state index in [0.717, 1.165) is 16.4 Å². The van der Waals surface area contributed by atoms with Crippen molar-refractivity contribution in [2.45, 2.75) is 74.8 Å². The third-order valence-electron chi connectivity index (χ3n) is 4.55. The third-order valence-corrected chi connectivity index (χ3v) is 7.98. The molecule has 0 bridgehead atoms. The van der Waals surface area contributed by atoms with Crippen LogP contribution in [0.2, 0.25) is 0 Å². The van der Waals surface area contributed by atoms with Crippen LogP contribution in [0.1, 0.15) is 58.3 Å². The van der Waals surface area contributed by atoms with Gasteiger partial charge >= 0.3 is 0 Å². The lowest BCUT2D eigenvalue weighted by molar-refractivity contribution is 0.321. The van der Waals surface area contributed by atoms with Crippen LogP contribution in [0.5, 0.6) is 0 Å². The first-order chi connectivity index (χ1) is 8.81. The van der Waals surface area contributed by atoms with Gasteiger partial charge in [0.25, 0.3) is 0 Å². The molecular weight excluding hydrogens is 258 g/mol. The molecule has 3 heteroatoms. The first kappa shape index (κ1) is 15.1. The molecule has 1 nitrogen and oxygen atoms in total. The minimum atomic E-state index is 0.440. The van der Waals surface area contributed by atoms with E-state index in [-0.39, 0.29) is 0 Å². The van der Waals surface area contributed by atoms with Gasteiger partial charge in [0, 0.05) is 28.0 Å². The number of hydrogen-bond donors (Lipinski definition) is 1. The van der Waals surface area contributed by atoms with Crippen LogP contribution in [-0.2, 0) is 0 Å². The average molecular weight is 288 g/mol. The molecule has 0 aromatic rings. The third kappa shape index (κ3) is 4.35. The highest BCUT2D eigenvalue weighted by Crippen LogP contribution is 2.36. The van der Waals surface area contributed by atoms with Crippen molar-refractivity contribution in [1.29, 1.82) is 0 Å². The van der Waals surface area contributed by atoms with Crippen molar-refractivity contribution in [2.24, 2.45) is 11.7 Å². The molecule has 0 spiro atoms. The van der Waals surface area contributed by atoms with Gasteiger partial charge in [-0.25, -0.2) is 0 Å². The lowest BCUT2D eigenvalue weighted by Gasteiger charge is -2.35. The van der Waals surface area contributed by atoms with Crippen LogP contribution in [-0.4, -0.2) is 28.0 Å². The van der Waals surface area contributed by atoms with Gasteiger partial charge in [-0.05, 0) is 25.2 Å². The molecule has 0 aromatic carbocycles. The Bertz CT molecular complexity index is 229. The van der Waals surface area contributed by atoms with Crippen LogP contribution >= 0.6 is 23.5 Å². The summed E-state index contributed by atoms with van der Waals surface area (Å²) in [4.78, 5) is 0. The van der Waals surface area contributed by atoms with E-state index in [2.05, 4.69) is 30.4 Å². The van der Waals surface area contributed by atoms with E-state index in [1.807, 2.05) is 0 Å². The minimum Gasteiger partial charge on any atom is -0.327 e. The first-order valence-electron chi connectivity index (χ1n) is 7.80. The summed E-state index contributed by atoms with van der Waals surface area (Å²) in [7, 11) is 0. The lowest BCUT2D eigenvalue weighted by Crippen LogP contribution is -2.41. The van der Waals surface area contributed by atoms with E-state index < -0.39 is 0 Å². The van der Waals surface area contributed by atoms with E-state index in [9.17, 15) is 0 Å². The standard InChI is InChI=1S/C15H29NS2/c1-2-14-15(18-11-10-17-14)13(16)9-8-12-6-4-3-5-7-12/h12-15H,2-11,16H2,1H3. The fourth-order valence-corrected chi connectivity index (χ4v) is 6.64. The Kier molecular flexibility index (Phi) is 6.74. The zero-order valence-electron chi connectivity index (χ0n) is 11.8. The minimum absolute atomic E-state index is 0.440. The summed E-state index contributed by atoms with van der Waals surface area (Å²) in [6.45, 7) is 2.32. The maximum atomic E-state index is 6.50. The monoisotopic (exact) mass is 287 g/mol. The van der Waals surface area contributed by atoms with Crippen LogP contribution in [0.15, 0.2) is 0 Å². The summed E-state index contributed by atoms with van der Waals surface area (Å²) in [6, 6.07) is 0.440. The maximum Gasteiger partial charge on any atom is 0.0317 e. The second-order valence-corrected chi connectivity index (χ2v) is 8.53. The Morgan fingerprint density at radius 2 is 1.83 bits per heavy atom. The normalized spacial score (nSPS) is 32.3. The topological polar surface area (TPSA) is 26.0 Å². The number of nitrogens with two attached hydrogens (primary N) is 1. The van der Waals surface area contributed by atoms with Crippen LogP contribution in [0.3, 0.4) is 0 Å². The summed E-state index contributed by atoms with van der Waals surface area (Å²) < 4.78 is 0.